The van der Waals surface area contributed by atoms with E-state index in [1.807, 2.05) is 18.7 Å². The fourth-order valence-corrected chi connectivity index (χ4v) is 3.78. The molecule has 22 heavy (non-hydrogen) atoms. The molecule has 3 rings (SSSR count). The van der Waals surface area contributed by atoms with Crippen LogP contribution in [0.3, 0.4) is 0 Å². The molecule has 1 N–H and O–H groups in total. The van der Waals surface area contributed by atoms with Crippen molar-refractivity contribution in [3.05, 3.63) is 27.1 Å². The first-order valence-electron chi connectivity index (χ1n) is 7.47. The van der Waals surface area contributed by atoms with Gasteiger partial charge in [-0.15, -0.1) is 11.3 Å². The fraction of sp³-hybridized carbons (Fsp3) is 0.533. The van der Waals surface area contributed by atoms with Crippen LogP contribution in [0.25, 0.3) is 10.2 Å². The van der Waals surface area contributed by atoms with Crippen LogP contribution < -0.4 is 10.9 Å². The number of piperazine rings is 1. The van der Waals surface area contributed by atoms with E-state index in [1.54, 1.807) is 6.92 Å². The Balaban J connectivity index is 1.98. The van der Waals surface area contributed by atoms with E-state index >= 15 is 0 Å². The molecule has 1 amide bonds. The van der Waals surface area contributed by atoms with E-state index in [0.29, 0.717) is 18.5 Å². The number of aromatic nitrogens is 2. The topological polar surface area (TPSA) is 67.2 Å². The molecule has 0 saturated carbocycles. The van der Waals surface area contributed by atoms with Gasteiger partial charge >= 0.3 is 0 Å². The molecular weight excluding hydrogens is 300 g/mol. The van der Waals surface area contributed by atoms with Crippen molar-refractivity contribution in [1.29, 1.82) is 0 Å². The van der Waals surface area contributed by atoms with Crippen LogP contribution in [-0.4, -0.2) is 46.5 Å². The average molecular weight is 320 g/mol. The molecule has 3 heterocycles. The largest absolute Gasteiger partial charge is 0.338 e. The Morgan fingerprint density at radius 1 is 1.36 bits per heavy atom. The molecule has 0 bridgehead atoms. The highest BCUT2D eigenvalue weighted by Crippen LogP contribution is 2.26. The lowest BCUT2D eigenvalue weighted by molar-refractivity contribution is -0.134. The molecule has 0 aliphatic carbocycles. The normalized spacial score (nSPS) is 17.0. The monoisotopic (exact) mass is 320 g/mol. The lowest BCUT2D eigenvalue weighted by atomic mass is 10.2. The zero-order valence-electron chi connectivity index (χ0n) is 13.0. The van der Waals surface area contributed by atoms with Crippen molar-refractivity contribution in [2.75, 3.05) is 26.2 Å². The summed E-state index contributed by atoms with van der Waals surface area (Å²) in [7, 11) is 0. The van der Waals surface area contributed by atoms with Crippen molar-refractivity contribution in [2.45, 2.75) is 26.8 Å². The number of aryl methyl sites for hydroxylation is 2. The molecule has 0 aromatic carbocycles. The standard InChI is InChI=1S/C15H20N4O2S/c1-9-11(3)22-13-12(9)15(21)19(8-17-13)10(2)14(20)18-6-4-16-5-7-18/h8,10,16H,4-7H2,1-3H3. The Kier molecular flexibility index (Phi) is 4.01. The summed E-state index contributed by atoms with van der Waals surface area (Å²) in [6.45, 7) is 8.66. The Morgan fingerprint density at radius 2 is 2.05 bits per heavy atom. The van der Waals surface area contributed by atoms with E-state index < -0.39 is 6.04 Å². The third-order valence-corrected chi connectivity index (χ3v) is 5.43. The summed E-state index contributed by atoms with van der Waals surface area (Å²) in [6.07, 6.45) is 1.50. The summed E-state index contributed by atoms with van der Waals surface area (Å²) in [6, 6.07) is -0.526. The second-order valence-corrected chi connectivity index (χ2v) is 6.87. The number of thiophene rings is 1. The van der Waals surface area contributed by atoms with Gasteiger partial charge in [-0.1, -0.05) is 0 Å². The van der Waals surface area contributed by atoms with Crippen LogP contribution >= 0.6 is 11.3 Å². The fourth-order valence-electron chi connectivity index (χ4n) is 2.79. The first-order valence-corrected chi connectivity index (χ1v) is 8.28. The van der Waals surface area contributed by atoms with Crippen molar-refractivity contribution in [2.24, 2.45) is 0 Å². The predicted octanol–water partition coefficient (Wildman–Crippen LogP) is 1.07. The molecule has 0 spiro atoms. The number of rotatable bonds is 2. The maximum Gasteiger partial charge on any atom is 0.263 e. The summed E-state index contributed by atoms with van der Waals surface area (Å²) >= 11 is 1.52. The van der Waals surface area contributed by atoms with E-state index in [4.69, 9.17) is 0 Å². The summed E-state index contributed by atoms with van der Waals surface area (Å²) in [5.74, 6) is -0.0191. The van der Waals surface area contributed by atoms with Gasteiger partial charge in [0.1, 0.15) is 10.9 Å². The van der Waals surface area contributed by atoms with Gasteiger partial charge in [0.05, 0.1) is 11.7 Å². The van der Waals surface area contributed by atoms with Crippen molar-refractivity contribution in [3.8, 4) is 0 Å². The van der Waals surface area contributed by atoms with E-state index in [-0.39, 0.29) is 11.5 Å². The zero-order valence-corrected chi connectivity index (χ0v) is 13.9. The van der Waals surface area contributed by atoms with Crippen LogP contribution in [0.2, 0.25) is 0 Å². The summed E-state index contributed by atoms with van der Waals surface area (Å²) in [5, 5.41) is 3.86. The number of nitrogens with zero attached hydrogens (tertiary/aromatic N) is 3. The number of nitrogens with one attached hydrogen (secondary N) is 1. The predicted molar refractivity (Wildman–Crippen MR) is 87.5 cm³/mol. The first kappa shape index (κ1) is 15.2. The molecule has 1 atom stereocenters. The first-order chi connectivity index (χ1) is 10.5. The molecule has 1 fully saturated rings. The minimum absolute atomic E-state index is 0.0191. The van der Waals surface area contributed by atoms with Crippen molar-refractivity contribution < 1.29 is 4.79 Å². The number of hydrogen-bond acceptors (Lipinski definition) is 5. The molecular formula is C15H20N4O2S. The van der Waals surface area contributed by atoms with E-state index in [0.717, 1.165) is 28.4 Å². The summed E-state index contributed by atoms with van der Waals surface area (Å²) in [4.78, 5) is 33.4. The van der Waals surface area contributed by atoms with Gasteiger partial charge in [-0.2, -0.15) is 0 Å². The molecule has 1 saturated heterocycles. The smallest absolute Gasteiger partial charge is 0.263 e. The Hall–Kier alpha value is -1.73. The van der Waals surface area contributed by atoms with Gasteiger partial charge in [0.25, 0.3) is 5.56 Å². The maximum atomic E-state index is 12.7. The molecule has 6 nitrogen and oxygen atoms in total. The number of fused-ring (bicyclic) bond motifs is 1. The molecule has 118 valence electrons. The number of carbonyl (C=O) groups excluding carboxylic acids is 1. The molecule has 2 aromatic heterocycles. The molecule has 1 aliphatic heterocycles. The van der Waals surface area contributed by atoms with Gasteiger partial charge in [-0.25, -0.2) is 4.98 Å². The van der Waals surface area contributed by atoms with Crippen LogP contribution in [0.4, 0.5) is 0 Å². The van der Waals surface area contributed by atoms with Crippen LogP contribution in [-0.2, 0) is 4.79 Å². The molecule has 1 aliphatic rings. The third kappa shape index (κ3) is 2.44. The van der Waals surface area contributed by atoms with Gasteiger partial charge in [0.15, 0.2) is 0 Å². The van der Waals surface area contributed by atoms with Crippen molar-refractivity contribution in [1.82, 2.24) is 19.8 Å². The van der Waals surface area contributed by atoms with Gasteiger partial charge in [-0.3, -0.25) is 14.2 Å². The second-order valence-electron chi connectivity index (χ2n) is 5.67. The van der Waals surface area contributed by atoms with Gasteiger partial charge in [0, 0.05) is 31.1 Å². The molecule has 0 radical (unpaired) electrons. The minimum Gasteiger partial charge on any atom is -0.338 e. The lowest BCUT2D eigenvalue weighted by Gasteiger charge is -2.30. The number of carbonyl (C=O) groups is 1. The number of hydrogen-bond donors (Lipinski definition) is 1. The Bertz CT molecular complexity index is 774. The van der Waals surface area contributed by atoms with Gasteiger partial charge in [-0.05, 0) is 26.3 Å². The quantitative estimate of drug-likeness (QED) is 0.899. The second kappa shape index (κ2) is 5.81. The van der Waals surface area contributed by atoms with Crippen molar-refractivity contribution >= 4 is 27.5 Å². The van der Waals surface area contributed by atoms with Crippen LogP contribution in [0.15, 0.2) is 11.1 Å². The molecule has 7 heteroatoms. The highest BCUT2D eigenvalue weighted by molar-refractivity contribution is 7.18. The van der Waals surface area contributed by atoms with Crippen molar-refractivity contribution in [3.63, 3.8) is 0 Å². The summed E-state index contributed by atoms with van der Waals surface area (Å²) < 4.78 is 1.46. The summed E-state index contributed by atoms with van der Waals surface area (Å²) in [5.41, 5.74) is 0.844. The minimum atomic E-state index is -0.526. The van der Waals surface area contributed by atoms with E-state index in [2.05, 4.69) is 10.3 Å². The van der Waals surface area contributed by atoms with Crippen LogP contribution in [0.1, 0.15) is 23.4 Å². The third-order valence-electron chi connectivity index (χ3n) is 4.32. The van der Waals surface area contributed by atoms with E-state index in [9.17, 15) is 9.59 Å². The highest BCUT2D eigenvalue weighted by Gasteiger charge is 2.25. The van der Waals surface area contributed by atoms with Crippen LogP contribution in [0.5, 0.6) is 0 Å². The maximum absolute atomic E-state index is 12.7. The Morgan fingerprint density at radius 3 is 2.73 bits per heavy atom. The SMILES string of the molecule is Cc1sc2ncn(C(C)C(=O)N3CCNCC3)c(=O)c2c1C. The lowest BCUT2D eigenvalue weighted by Crippen LogP contribution is -2.49. The molecule has 1 unspecified atom stereocenters. The van der Waals surface area contributed by atoms with Gasteiger partial charge in [0.2, 0.25) is 5.91 Å². The highest BCUT2D eigenvalue weighted by atomic mass is 32.1. The molecule has 2 aromatic rings. The van der Waals surface area contributed by atoms with E-state index in [1.165, 1.54) is 22.2 Å². The van der Waals surface area contributed by atoms with Crippen LogP contribution in [0, 0.1) is 13.8 Å². The zero-order chi connectivity index (χ0) is 15.9. The average Bonchev–Trinajstić information content (AvgIpc) is 2.83. The van der Waals surface area contributed by atoms with Gasteiger partial charge < -0.3 is 10.2 Å². The number of amides is 1. The Labute approximate surface area is 132 Å².